The van der Waals surface area contributed by atoms with E-state index in [1.807, 2.05) is 36.4 Å². The second-order valence-corrected chi connectivity index (χ2v) is 7.58. The van der Waals surface area contributed by atoms with Gasteiger partial charge in [-0.25, -0.2) is 0 Å². The van der Waals surface area contributed by atoms with Gasteiger partial charge in [0.15, 0.2) is 0 Å². The standard InChI is InChI=1S/2C12H16N2O.Ni/c2*15-12-5-2-1-4-11(12)10-13-6-3-7-14-8-9-14;/h2*1-2,4-5,10,15H,3,6-9H2;/q;;+2. The molecule has 0 aliphatic carbocycles. The molecule has 0 unspecified atom stereocenters. The van der Waals surface area contributed by atoms with Crippen LogP contribution in [0.25, 0.3) is 0 Å². The van der Waals surface area contributed by atoms with E-state index >= 15 is 0 Å². The van der Waals surface area contributed by atoms with E-state index < -0.39 is 0 Å². The number of benzene rings is 2. The Kier molecular flexibility index (Phi) is 11.3. The Labute approximate surface area is 195 Å². The van der Waals surface area contributed by atoms with E-state index in [1.165, 1.54) is 26.2 Å². The van der Waals surface area contributed by atoms with E-state index in [9.17, 15) is 10.2 Å². The molecule has 168 valence electrons. The van der Waals surface area contributed by atoms with Gasteiger partial charge in [-0.15, -0.1) is 0 Å². The smallest absolute Gasteiger partial charge is 0.507 e. The second kappa shape index (κ2) is 14.0. The van der Waals surface area contributed by atoms with Gasteiger partial charge in [-0.1, -0.05) is 24.3 Å². The molecule has 7 heteroatoms. The number of phenolic OH excluding ortho intramolecular Hbond substituents is 2. The first-order valence-electron chi connectivity index (χ1n) is 10.7. The molecule has 2 N–H and O–H groups in total. The number of hydrogen-bond acceptors (Lipinski definition) is 6. The summed E-state index contributed by atoms with van der Waals surface area (Å²) in [5.74, 6) is 0.597. The van der Waals surface area contributed by atoms with Crippen molar-refractivity contribution in [1.82, 2.24) is 9.80 Å². The fraction of sp³-hybridized carbons (Fsp3) is 0.417. The van der Waals surface area contributed by atoms with Crippen molar-refractivity contribution in [3.63, 3.8) is 0 Å². The van der Waals surface area contributed by atoms with Crippen LogP contribution in [-0.2, 0) is 16.5 Å². The molecule has 0 saturated carbocycles. The molecule has 2 aliphatic rings. The van der Waals surface area contributed by atoms with Gasteiger partial charge < -0.3 is 20.0 Å². The molecule has 2 fully saturated rings. The second-order valence-electron chi connectivity index (χ2n) is 7.58. The molecule has 0 aromatic heterocycles. The van der Waals surface area contributed by atoms with Crippen LogP contribution in [0.4, 0.5) is 0 Å². The zero-order valence-corrected chi connectivity index (χ0v) is 18.8. The fourth-order valence-electron chi connectivity index (χ4n) is 2.88. The summed E-state index contributed by atoms with van der Waals surface area (Å²) in [6.45, 7) is 8.99. The Morgan fingerprint density at radius 1 is 0.677 bits per heavy atom. The summed E-state index contributed by atoms with van der Waals surface area (Å²) >= 11 is 0. The minimum atomic E-state index is 0. The number of aliphatic imine (C=N–C) groups is 2. The maximum atomic E-state index is 9.47. The van der Waals surface area contributed by atoms with Crippen molar-refractivity contribution in [2.45, 2.75) is 12.8 Å². The maximum Gasteiger partial charge on any atom is 2.00 e. The van der Waals surface area contributed by atoms with E-state index in [0.29, 0.717) is 11.5 Å². The molecule has 2 aromatic rings. The maximum absolute atomic E-state index is 9.47. The van der Waals surface area contributed by atoms with Crippen LogP contribution in [-0.4, -0.2) is 84.8 Å². The van der Waals surface area contributed by atoms with Crippen molar-refractivity contribution in [3.8, 4) is 11.5 Å². The van der Waals surface area contributed by atoms with Gasteiger partial charge in [-0.3, -0.25) is 9.98 Å². The predicted octanol–water partition coefficient (Wildman–Crippen LogP) is 3.03. The predicted molar refractivity (Wildman–Crippen MR) is 123 cm³/mol. The van der Waals surface area contributed by atoms with Crippen molar-refractivity contribution in [3.05, 3.63) is 59.7 Å². The zero-order chi connectivity index (χ0) is 21.0. The van der Waals surface area contributed by atoms with Crippen molar-refractivity contribution in [2.24, 2.45) is 9.98 Å². The SMILES string of the molecule is Oc1ccccc1C=NCCCN1CC1.Oc1ccccc1C=NCCCN1CC1.[Ni+2]. The minimum Gasteiger partial charge on any atom is -0.507 e. The van der Waals surface area contributed by atoms with Gasteiger partial charge >= 0.3 is 16.5 Å². The van der Waals surface area contributed by atoms with Crippen LogP contribution in [0.3, 0.4) is 0 Å². The summed E-state index contributed by atoms with van der Waals surface area (Å²) < 4.78 is 0. The molecular formula is C24H32N4NiO2+2. The number of aromatic hydroxyl groups is 2. The Morgan fingerprint density at radius 2 is 1.06 bits per heavy atom. The summed E-state index contributed by atoms with van der Waals surface area (Å²) in [5, 5.41) is 18.9. The van der Waals surface area contributed by atoms with Crippen molar-refractivity contribution >= 4 is 12.4 Å². The van der Waals surface area contributed by atoms with Crippen LogP contribution in [0.2, 0.25) is 0 Å². The largest absolute Gasteiger partial charge is 2.00 e. The Balaban J connectivity index is 0.000000213. The van der Waals surface area contributed by atoms with Crippen molar-refractivity contribution in [1.29, 1.82) is 0 Å². The summed E-state index contributed by atoms with van der Waals surface area (Å²) in [5.41, 5.74) is 1.59. The van der Waals surface area contributed by atoms with E-state index in [2.05, 4.69) is 19.8 Å². The third-order valence-electron chi connectivity index (χ3n) is 4.94. The van der Waals surface area contributed by atoms with Crippen LogP contribution in [0.5, 0.6) is 11.5 Å². The third kappa shape index (κ3) is 10.6. The van der Waals surface area contributed by atoms with Gasteiger partial charge in [0.25, 0.3) is 0 Å². The van der Waals surface area contributed by atoms with Gasteiger partial charge in [0, 0.05) is 62.8 Å². The number of rotatable bonds is 10. The van der Waals surface area contributed by atoms with Crippen molar-refractivity contribution < 1.29 is 26.7 Å². The summed E-state index contributed by atoms with van der Waals surface area (Å²) in [6, 6.07) is 14.5. The van der Waals surface area contributed by atoms with E-state index in [-0.39, 0.29) is 16.5 Å². The average Bonchev–Trinajstić information content (AvgIpc) is 3.66. The van der Waals surface area contributed by atoms with Crippen molar-refractivity contribution in [2.75, 3.05) is 52.4 Å². The molecule has 0 radical (unpaired) electrons. The average molecular weight is 467 g/mol. The Morgan fingerprint density at radius 3 is 1.42 bits per heavy atom. The molecule has 2 aromatic carbocycles. The van der Waals surface area contributed by atoms with Crippen LogP contribution in [0.15, 0.2) is 58.5 Å². The van der Waals surface area contributed by atoms with Gasteiger partial charge in [0.05, 0.1) is 0 Å². The molecule has 4 rings (SSSR count). The summed E-state index contributed by atoms with van der Waals surface area (Å²) in [6.07, 6.45) is 5.70. The molecule has 2 saturated heterocycles. The topological polar surface area (TPSA) is 71.2 Å². The molecular weight excluding hydrogens is 435 g/mol. The monoisotopic (exact) mass is 466 g/mol. The number of phenols is 2. The van der Waals surface area contributed by atoms with Gasteiger partial charge in [0.2, 0.25) is 0 Å². The van der Waals surface area contributed by atoms with Gasteiger partial charge in [-0.2, -0.15) is 0 Å². The molecule has 0 atom stereocenters. The fourth-order valence-corrected chi connectivity index (χ4v) is 2.88. The molecule has 2 heterocycles. The molecule has 6 nitrogen and oxygen atoms in total. The van der Waals surface area contributed by atoms with Gasteiger partial charge in [0.1, 0.15) is 11.5 Å². The van der Waals surface area contributed by atoms with E-state index in [4.69, 9.17) is 0 Å². The van der Waals surface area contributed by atoms with Crippen LogP contribution in [0.1, 0.15) is 24.0 Å². The molecule has 31 heavy (non-hydrogen) atoms. The summed E-state index contributed by atoms with van der Waals surface area (Å²) in [4.78, 5) is 13.3. The third-order valence-corrected chi connectivity index (χ3v) is 4.94. The first-order valence-corrected chi connectivity index (χ1v) is 10.7. The van der Waals surface area contributed by atoms with Crippen LogP contribution in [0, 0.1) is 0 Å². The normalized spacial score (nSPS) is 15.5. The van der Waals surface area contributed by atoms with E-state index in [0.717, 1.165) is 50.1 Å². The first-order chi connectivity index (χ1) is 14.7. The van der Waals surface area contributed by atoms with Gasteiger partial charge in [-0.05, 0) is 50.2 Å². The minimum absolute atomic E-state index is 0. The first kappa shape index (κ1) is 25.1. The molecule has 0 bridgehead atoms. The number of para-hydroxylation sites is 2. The van der Waals surface area contributed by atoms with E-state index in [1.54, 1.807) is 24.6 Å². The Hall–Kier alpha value is -2.21. The summed E-state index contributed by atoms with van der Waals surface area (Å²) in [7, 11) is 0. The molecule has 0 amide bonds. The zero-order valence-electron chi connectivity index (χ0n) is 17.8. The molecule has 0 spiro atoms. The number of hydrogen-bond donors (Lipinski definition) is 2. The quantitative estimate of drug-likeness (QED) is 0.244. The number of nitrogens with zero attached hydrogens (tertiary/aromatic N) is 4. The van der Waals surface area contributed by atoms with Crippen LogP contribution >= 0.6 is 0 Å². The molecule has 2 aliphatic heterocycles. The van der Waals surface area contributed by atoms with Crippen LogP contribution < -0.4 is 0 Å². The Bertz CT molecular complexity index is 766.